The van der Waals surface area contributed by atoms with Gasteiger partial charge in [0.1, 0.15) is 12.9 Å². The number of hydrogen-bond acceptors (Lipinski definition) is 5. The molecule has 8 heteroatoms. The van der Waals surface area contributed by atoms with Gasteiger partial charge in [-0.15, -0.1) is 10.2 Å². The third kappa shape index (κ3) is 2.53. The lowest BCUT2D eigenvalue weighted by molar-refractivity contribution is -0.122. The number of fused-ring (bicyclic) bond motifs is 3. The first-order valence-corrected chi connectivity index (χ1v) is 8.20. The van der Waals surface area contributed by atoms with Gasteiger partial charge in [0.15, 0.2) is 5.65 Å². The quantitative estimate of drug-likeness (QED) is 0.771. The Morgan fingerprint density at radius 2 is 2.08 bits per heavy atom. The Balaban J connectivity index is 1.70. The molecule has 3 heterocycles. The number of hydrogen-bond donors (Lipinski definition) is 1. The monoisotopic (exact) mass is 326 g/mol. The molecule has 1 aliphatic carbocycles. The summed E-state index contributed by atoms with van der Waals surface area (Å²) >= 11 is 0. The van der Waals surface area contributed by atoms with E-state index in [1.54, 1.807) is 22.7 Å². The van der Waals surface area contributed by atoms with Crippen molar-refractivity contribution in [3.63, 3.8) is 0 Å². The van der Waals surface area contributed by atoms with Gasteiger partial charge in [-0.2, -0.15) is 0 Å². The van der Waals surface area contributed by atoms with E-state index in [1.165, 1.54) is 17.3 Å². The normalized spacial score (nSPS) is 15.8. The molecule has 0 aliphatic heterocycles. The molecule has 0 unspecified atom stereocenters. The molecule has 0 spiro atoms. The molecular formula is C16H18N6O2. The van der Waals surface area contributed by atoms with Crippen molar-refractivity contribution in [3.8, 4) is 0 Å². The molecule has 1 N–H and O–H groups in total. The first-order chi connectivity index (χ1) is 11.7. The summed E-state index contributed by atoms with van der Waals surface area (Å²) in [6.45, 7) is -0.0408. The average Bonchev–Trinajstić information content (AvgIpc) is 3.10. The zero-order valence-corrected chi connectivity index (χ0v) is 13.2. The second kappa shape index (κ2) is 6.03. The second-order valence-electron chi connectivity index (χ2n) is 6.16. The number of rotatable bonds is 3. The molecule has 3 aromatic rings. The van der Waals surface area contributed by atoms with E-state index < -0.39 is 0 Å². The summed E-state index contributed by atoms with van der Waals surface area (Å²) in [5.41, 5.74) is 0.981. The fraction of sp³-hybridized carbons (Fsp3) is 0.438. The summed E-state index contributed by atoms with van der Waals surface area (Å²) in [5.74, 6) is -0.155. The zero-order chi connectivity index (χ0) is 16.5. The van der Waals surface area contributed by atoms with Crippen LogP contribution in [0.5, 0.6) is 0 Å². The molecule has 1 aliphatic rings. The van der Waals surface area contributed by atoms with Crippen molar-refractivity contribution in [2.45, 2.75) is 44.7 Å². The Hall–Kier alpha value is -2.77. The van der Waals surface area contributed by atoms with Gasteiger partial charge in [0.2, 0.25) is 11.6 Å². The fourth-order valence-corrected chi connectivity index (χ4v) is 3.37. The molecule has 0 radical (unpaired) electrons. The number of pyridine rings is 1. The number of nitrogens with zero attached hydrogens (tertiary/aromatic N) is 5. The lowest BCUT2D eigenvalue weighted by Gasteiger charge is -2.23. The van der Waals surface area contributed by atoms with E-state index in [4.69, 9.17) is 0 Å². The van der Waals surface area contributed by atoms with Gasteiger partial charge in [-0.3, -0.25) is 18.6 Å². The minimum atomic E-state index is -0.341. The highest BCUT2D eigenvalue weighted by molar-refractivity contribution is 5.80. The number of nitrogens with one attached hydrogen (secondary N) is 1. The third-order valence-corrected chi connectivity index (χ3v) is 4.54. The second-order valence-corrected chi connectivity index (χ2v) is 6.16. The lowest BCUT2D eigenvalue weighted by Crippen LogP contribution is -2.40. The van der Waals surface area contributed by atoms with Crippen LogP contribution < -0.4 is 10.9 Å². The molecule has 1 amide bonds. The Morgan fingerprint density at radius 1 is 1.25 bits per heavy atom. The highest BCUT2D eigenvalue weighted by Gasteiger charge is 2.18. The Kier molecular flexibility index (Phi) is 3.72. The molecule has 24 heavy (non-hydrogen) atoms. The molecule has 0 saturated heterocycles. The first-order valence-electron chi connectivity index (χ1n) is 8.20. The Morgan fingerprint density at radius 3 is 2.92 bits per heavy atom. The van der Waals surface area contributed by atoms with Crippen LogP contribution in [0.15, 0.2) is 29.5 Å². The van der Waals surface area contributed by atoms with Crippen molar-refractivity contribution in [3.05, 3.63) is 35.0 Å². The summed E-state index contributed by atoms with van der Waals surface area (Å²) in [7, 11) is 0. The average molecular weight is 326 g/mol. The van der Waals surface area contributed by atoms with Crippen molar-refractivity contribution < 1.29 is 4.79 Å². The van der Waals surface area contributed by atoms with E-state index in [0.717, 1.165) is 25.7 Å². The maximum absolute atomic E-state index is 12.7. The lowest BCUT2D eigenvalue weighted by atomic mass is 9.95. The van der Waals surface area contributed by atoms with Gasteiger partial charge < -0.3 is 5.32 Å². The summed E-state index contributed by atoms with van der Waals surface area (Å²) in [6.07, 6.45) is 8.62. The molecule has 0 bridgehead atoms. The van der Waals surface area contributed by atoms with Crippen molar-refractivity contribution >= 4 is 22.7 Å². The highest BCUT2D eigenvalue weighted by Crippen LogP contribution is 2.17. The van der Waals surface area contributed by atoms with E-state index in [2.05, 4.69) is 20.5 Å². The predicted molar refractivity (Wildman–Crippen MR) is 87.6 cm³/mol. The van der Waals surface area contributed by atoms with E-state index in [1.807, 2.05) is 0 Å². The minimum Gasteiger partial charge on any atom is -0.352 e. The smallest absolute Gasteiger partial charge is 0.297 e. The topological polar surface area (TPSA) is 94.2 Å². The van der Waals surface area contributed by atoms with Crippen LogP contribution in [0.1, 0.15) is 32.1 Å². The summed E-state index contributed by atoms with van der Waals surface area (Å²) in [4.78, 5) is 29.4. The number of aromatic nitrogens is 5. The van der Waals surface area contributed by atoms with Crippen molar-refractivity contribution in [2.75, 3.05) is 0 Å². The van der Waals surface area contributed by atoms with Crippen LogP contribution in [-0.4, -0.2) is 36.1 Å². The van der Waals surface area contributed by atoms with Crippen LogP contribution in [0.2, 0.25) is 0 Å². The zero-order valence-electron chi connectivity index (χ0n) is 13.2. The number of amides is 1. The van der Waals surface area contributed by atoms with Gasteiger partial charge in [-0.05, 0) is 25.0 Å². The fourth-order valence-electron chi connectivity index (χ4n) is 3.37. The van der Waals surface area contributed by atoms with Gasteiger partial charge in [0.05, 0.1) is 5.52 Å². The van der Waals surface area contributed by atoms with Gasteiger partial charge in [0.25, 0.3) is 5.56 Å². The number of carbonyl (C=O) groups excluding carboxylic acids is 1. The third-order valence-electron chi connectivity index (χ3n) is 4.54. The molecular weight excluding hydrogens is 308 g/mol. The largest absolute Gasteiger partial charge is 0.352 e. The van der Waals surface area contributed by atoms with E-state index in [0.29, 0.717) is 11.2 Å². The van der Waals surface area contributed by atoms with Gasteiger partial charge >= 0.3 is 0 Å². The molecule has 0 aromatic carbocycles. The van der Waals surface area contributed by atoms with Crippen LogP contribution in [0.25, 0.3) is 16.8 Å². The van der Waals surface area contributed by atoms with Crippen molar-refractivity contribution in [1.29, 1.82) is 0 Å². The van der Waals surface area contributed by atoms with E-state index >= 15 is 0 Å². The molecule has 1 saturated carbocycles. The summed E-state index contributed by atoms with van der Waals surface area (Å²) < 4.78 is 2.97. The minimum absolute atomic E-state index is 0.0408. The van der Waals surface area contributed by atoms with Crippen LogP contribution in [0.3, 0.4) is 0 Å². The molecule has 1 fully saturated rings. The summed E-state index contributed by atoms with van der Waals surface area (Å²) in [5, 5.41) is 10.7. The highest BCUT2D eigenvalue weighted by atomic mass is 16.2. The molecule has 124 valence electrons. The van der Waals surface area contributed by atoms with Crippen LogP contribution >= 0.6 is 0 Å². The van der Waals surface area contributed by atoms with Crippen LogP contribution in [-0.2, 0) is 11.3 Å². The SMILES string of the molecule is O=C(Cn1c(=O)c2nncn2c2ncccc21)NC1CCCCC1. The van der Waals surface area contributed by atoms with Crippen molar-refractivity contribution in [2.24, 2.45) is 0 Å². The first kappa shape index (κ1) is 14.8. The molecule has 8 nitrogen and oxygen atoms in total. The van der Waals surface area contributed by atoms with Gasteiger partial charge in [0, 0.05) is 12.2 Å². The van der Waals surface area contributed by atoms with E-state index in [9.17, 15) is 9.59 Å². The van der Waals surface area contributed by atoms with Crippen molar-refractivity contribution in [1.82, 2.24) is 29.5 Å². The standard InChI is InChI=1S/C16H18N6O2/c23-13(19-11-5-2-1-3-6-11)9-21-12-7-4-8-17-14(12)22-10-18-20-15(22)16(21)24/h4,7-8,10-11H,1-3,5-6,9H2,(H,19,23). The van der Waals surface area contributed by atoms with Crippen LogP contribution in [0.4, 0.5) is 0 Å². The van der Waals surface area contributed by atoms with Gasteiger partial charge in [-0.25, -0.2) is 4.98 Å². The maximum atomic E-state index is 12.7. The number of carbonyl (C=O) groups is 1. The summed E-state index contributed by atoms with van der Waals surface area (Å²) in [6, 6.07) is 3.73. The van der Waals surface area contributed by atoms with E-state index in [-0.39, 0.29) is 29.7 Å². The van der Waals surface area contributed by atoms with Crippen LogP contribution in [0, 0.1) is 0 Å². The van der Waals surface area contributed by atoms with Gasteiger partial charge in [-0.1, -0.05) is 19.3 Å². The Labute approximate surface area is 137 Å². The molecule has 0 atom stereocenters. The molecule has 4 rings (SSSR count). The Bertz CT molecular complexity index is 954. The molecule has 3 aromatic heterocycles. The predicted octanol–water partition coefficient (Wildman–Crippen LogP) is 0.888. The maximum Gasteiger partial charge on any atom is 0.297 e.